The lowest BCUT2D eigenvalue weighted by Gasteiger charge is -2.39. The second-order valence-electron chi connectivity index (χ2n) is 8.11. The van der Waals surface area contributed by atoms with E-state index in [1.54, 1.807) is 0 Å². The van der Waals surface area contributed by atoms with Crippen molar-refractivity contribution in [2.45, 2.75) is 31.0 Å². The highest BCUT2D eigenvalue weighted by atomic mass is 19.4. The van der Waals surface area contributed by atoms with Gasteiger partial charge in [0.1, 0.15) is 11.7 Å². The summed E-state index contributed by atoms with van der Waals surface area (Å²) in [7, 11) is 0. The number of allylic oxidation sites excluding steroid dienone is 3. The smallest absolute Gasteiger partial charge is 0.412 e. The number of likely N-dealkylation sites (tertiary alicyclic amines) is 1. The Bertz CT molecular complexity index is 1140. The SMILES string of the molecule is C=C1C=C(N2CCCC(F)(F)C2)N=C2C([C@H](Nc3ccccc3C(=O)O)C(F)(F)F)=CC=CN12. The first-order chi connectivity index (χ1) is 16.0. The van der Waals surface area contributed by atoms with Crippen LogP contribution in [0.5, 0.6) is 0 Å². The van der Waals surface area contributed by atoms with E-state index in [0.717, 1.165) is 0 Å². The summed E-state index contributed by atoms with van der Waals surface area (Å²) in [5.74, 6) is -4.34. The molecule has 1 atom stereocenters. The third kappa shape index (κ3) is 4.68. The molecular weight excluding hydrogens is 459 g/mol. The van der Waals surface area contributed by atoms with Gasteiger partial charge >= 0.3 is 12.1 Å². The number of aliphatic imine (C=N–C) groups is 1. The van der Waals surface area contributed by atoms with Crippen molar-refractivity contribution in [1.82, 2.24) is 9.80 Å². The number of nitrogens with one attached hydrogen (secondary N) is 1. The number of carbonyl (C=O) groups is 1. The largest absolute Gasteiger partial charge is 0.478 e. The predicted octanol–water partition coefficient (Wildman–Crippen LogP) is 4.98. The minimum atomic E-state index is -4.84. The Hall–Kier alpha value is -3.63. The quantitative estimate of drug-likeness (QED) is 0.582. The van der Waals surface area contributed by atoms with E-state index in [9.17, 15) is 31.9 Å². The normalized spacial score (nSPS) is 20.7. The zero-order chi connectivity index (χ0) is 24.7. The second kappa shape index (κ2) is 8.62. The summed E-state index contributed by atoms with van der Waals surface area (Å²) in [6.07, 6.45) is 0.638. The van der Waals surface area contributed by atoms with Crippen LogP contribution in [0, 0.1) is 0 Å². The molecule has 0 unspecified atom stereocenters. The number of piperidine rings is 1. The number of halogens is 5. The molecule has 34 heavy (non-hydrogen) atoms. The number of hydrogen-bond donors (Lipinski definition) is 2. The molecule has 1 aromatic rings. The predicted molar refractivity (Wildman–Crippen MR) is 116 cm³/mol. The van der Waals surface area contributed by atoms with Gasteiger partial charge < -0.3 is 20.2 Å². The Balaban J connectivity index is 1.73. The van der Waals surface area contributed by atoms with Crippen LogP contribution in [0.15, 0.2) is 77.4 Å². The first-order valence-corrected chi connectivity index (χ1v) is 10.4. The van der Waals surface area contributed by atoms with Gasteiger partial charge in [-0.3, -0.25) is 0 Å². The number of hydrogen-bond acceptors (Lipinski definition) is 5. The van der Waals surface area contributed by atoms with Gasteiger partial charge in [0.05, 0.1) is 12.1 Å². The number of para-hydroxylation sites is 1. The van der Waals surface area contributed by atoms with Crippen molar-refractivity contribution in [3.05, 3.63) is 77.9 Å². The highest BCUT2D eigenvalue weighted by Gasteiger charge is 2.46. The Morgan fingerprint density at radius 1 is 1.26 bits per heavy atom. The second-order valence-corrected chi connectivity index (χ2v) is 8.11. The van der Waals surface area contributed by atoms with Crippen molar-refractivity contribution in [3.8, 4) is 0 Å². The average Bonchev–Trinajstić information content (AvgIpc) is 2.76. The molecule has 0 saturated carbocycles. The highest BCUT2D eigenvalue weighted by Crippen LogP contribution is 2.36. The lowest BCUT2D eigenvalue weighted by Crippen LogP contribution is -2.46. The molecule has 3 aliphatic heterocycles. The van der Waals surface area contributed by atoms with Gasteiger partial charge in [-0.05, 0) is 24.6 Å². The number of nitrogens with zero attached hydrogens (tertiary/aromatic N) is 3. The lowest BCUT2D eigenvalue weighted by atomic mass is 9.99. The highest BCUT2D eigenvalue weighted by molar-refractivity contribution is 6.04. The van der Waals surface area contributed by atoms with E-state index < -0.39 is 30.7 Å². The molecule has 6 nitrogen and oxygen atoms in total. The molecule has 0 radical (unpaired) electrons. The zero-order valence-electron chi connectivity index (χ0n) is 17.8. The van der Waals surface area contributed by atoms with Crippen LogP contribution in [0.1, 0.15) is 23.2 Å². The summed E-state index contributed by atoms with van der Waals surface area (Å²) in [5.41, 5.74) is -0.582. The van der Waals surface area contributed by atoms with Gasteiger partial charge in [-0.1, -0.05) is 24.8 Å². The number of amidine groups is 1. The van der Waals surface area contributed by atoms with E-state index in [4.69, 9.17) is 0 Å². The van der Waals surface area contributed by atoms with Crippen LogP contribution in [0.25, 0.3) is 0 Å². The summed E-state index contributed by atoms with van der Waals surface area (Å²) in [5, 5.41) is 11.7. The van der Waals surface area contributed by atoms with E-state index in [-0.39, 0.29) is 53.6 Å². The van der Waals surface area contributed by atoms with Crippen molar-refractivity contribution in [1.29, 1.82) is 0 Å². The maximum absolute atomic E-state index is 14.2. The first-order valence-electron chi connectivity index (χ1n) is 10.4. The minimum Gasteiger partial charge on any atom is -0.478 e. The number of rotatable bonds is 5. The van der Waals surface area contributed by atoms with Crippen LogP contribution in [-0.2, 0) is 0 Å². The van der Waals surface area contributed by atoms with Crippen molar-refractivity contribution >= 4 is 17.5 Å². The number of aromatic carboxylic acids is 1. The molecule has 3 heterocycles. The molecule has 0 aliphatic carbocycles. The molecule has 11 heteroatoms. The van der Waals surface area contributed by atoms with Crippen molar-refractivity contribution in [2.75, 3.05) is 18.4 Å². The third-order valence-electron chi connectivity index (χ3n) is 5.64. The maximum Gasteiger partial charge on any atom is 0.412 e. The van der Waals surface area contributed by atoms with Crippen LogP contribution in [0.2, 0.25) is 0 Å². The summed E-state index contributed by atoms with van der Waals surface area (Å²) >= 11 is 0. The van der Waals surface area contributed by atoms with Crippen LogP contribution < -0.4 is 5.32 Å². The molecule has 1 saturated heterocycles. The first kappa shape index (κ1) is 23.5. The van der Waals surface area contributed by atoms with Gasteiger partial charge in [-0.2, -0.15) is 13.2 Å². The Kier molecular flexibility index (Phi) is 5.96. The fraction of sp³-hybridized carbons (Fsp3) is 0.304. The number of carboxylic acid groups (broad SMARTS) is 1. The molecule has 1 aromatic carbocycles. The summed E-state index contributed by atoms with van der Waals surface area (Å²) in [6.45, 7) is 3.55. The molecule has 4 rings (SSSR count). The zero-order valence-corrected chi connectivity index (χ0v) is 17.8. The minimum absolute atomic E-state index is 0.101. The Labute approximate surface area is 192 Å². The van der Waals surface area contributed by atoms with Gasteiger partial charge in [-0.25, -0.2) is 18.6 Å². The number of benzene rings is 1. The molecule has 0 amide bonds. The number of alkyl halides is 5. The average molecular weight is 480 g/mol. The molecule has 180 valence electrons. The van der Waals surface area contributed by atoms with Gasteiger partial charge in [-0.15, -0.1) is 0 Å². The van der Waals surface area contributed by atoms with E-state index in [1.807, 2.05) is 0 Å². The van der Waals surface area contributed by atoms with Gasteiger partial charge in [0.25, 0.3) is 5.92 Å². The van der Waals surface area contributed by atoms with E-state index >= 15 is 0 Å². The van der Waals surface area contributed by atoms with Crippen LogP contribution in [-0.4, -0.2) is 57.9 Å². The van der Waals surface area contributed by atoms with Crippen molar-refractivity contribution < 1.29 is 31.9 Å². The van der Waals surface area contributed by atoms with Gasteiger partial charge in [0.2, 0.25) is 0 Å². The lowest BCUT2D eigenvalue weighted by molar-refractivity contribution is -0.133. The van der Waals surface area contributed by atoms with Gasteiger partial charge in [0.15, 0.2) is 6.04 Å². The van der Waals surface area contributed by atoms with Crippen molar-refractivity contribution in [3.63, 3.8) is 0 Å². The standard InChI is InChI=1S/C23H21F5N4O2/c1-14-12-18(31-10-5-9-22(24,25)13-31)30-20-16(7-4-11-32(14)20)19(23(26,27)28)29-17-8-3-2-6-15(17)21(33)34/h2-4,6-8,11-12,19,29H,1,5,9-10,13H2,(H,33,34)/t19-/m0/s1. The molecule has 0 aromatic heterocycles. The third-order valence-corrected chi connectivity index (χ3v) is 5.64. The number of anilines is 1. The number of carboxylic acids is 1. The molecule has 3 aliphatic rings. The monoisotopic (exact) mass is 480 g/mol. The van der Waals surface area contributed by atoms with Crippen molar-refractivity contribution in [2.24, 2.45) is 4.99 Å². The van der Waals surface area contributed by atoms with Crippen LogP contribution in [0.4, 0.5) is 27.6 Å². The maximum atomic E-state index is 14.2. The van der Waals surface area contributed by atoms with E-state index in [1.165, 1.54) is 58.5 Å². The fourth-order valence-electron chi connectivity index (χ4n) is 4.06. The Morgan fingerprint density at radius 2 is 2.00 bits per heavy atom. The molecular formula is C23H21F5N4O2. The topological polar surface area (TPSA) is 68.2 Å². The molecule has 1 fully saturated rings. The van der Waals surface area contributed by atoms with Crippen LogP contribution in [0.3, 0.4) is 0 Å². The van der Waals surface area contributed by atoms with Crippen LogP contribution >= 0.6 is 0 Å². The Morgan fingerprint density at radius 3 is 2.68 bits per heavy atom. The summed E-state index contributed by atoms with van der Waals surface area (Å²) in [6, 6.07) is 2.93. The van der Waals surface area contributed by atoms with E-state index in [0.29, 0.717) is 0 Å². The molecule has 0 spiro atoms. The summed E-state index contributed by atoms with van der Waals surface area (Å²) in [4.78, 5) is 18.5. The molecule has 2 N–H and O–H groups in total. The van der Waals surface area contributed by atoms with E-state index in [2.05, 4.69) is 16.9 Å². The molecule has 0 bridgehead atoms. The summed E-state index contributed by atoms with van der Waals surface area (Å²) < 4.78 is 70.6. The number of fused-ring (bicyclic) bond motifs is 1. The fourth-order valence-corrected chi connectivity index (χ4v) is 4.06. The van der Waals surface area contributed by atoms with Gasteiger partial charge in [0, 0.05) is 42.2 Å².